The summed E-state index contributed by atoms with van der Waals surface area (Å²) in [5, 5.41) is 2.51. The molecule has 0 aliphatic carbocycles. The van der Waals surface area contributed by atoms with Crippen LogP contribution in [0.2, 0.25) is 0 Å². The minimum absolute atomic E-state index is 0.0713. The highest BCUT2D eigenvalue weighted by Crippen LogP contribution is 2.01. The van der Waals surface area contributed by atoms with Gasteiger partial charge in [-0.15, -0.1) is 0 Å². The number of carbonyl (C=O) groups is 2. The molecule has 100 valence electrons. The van der Waals surface area contributed by atoms with Gasteiger partial charge in [0.25, 0.3) is 0 Å². The third-order valence-corrected chi connectivity index (χ3v) is 2.16. The summed E-state index contributed by atoms with van der Waals surface area (Å²) in [4.78, 5) is 27.3. The molecule has 18 heavy (non-hydrogen) atoms. The molecule has 0 saturated carbocycles. The van der Waals surface area contributed by atoms with Crippen molar-refractivity contribution in [3.63, 3.8) is 0 Å². The SMILES string of the molecule is CC.CNC(=O)CCN(C=O)Cc1cccnc1. The zero-order valence-electron chi connectivity index (χ0n) is 11.2. The van der Waals surface area contributed by atoms with E-state index in [1.165, 1.54) is 0 Å². The second-order valence-corrected chi connectivity index (χ2v) is 3.36. The van der Waals surface area contributed by atoms with Gasteiger partial charge in [0, 0.05) is 39.0 Å². The van der Waals surface area contributed by atoms with E-state index in [0.717, 1.165) is 12.0 Å². The average molecular weight is 251 g/mol. The molecule has 0 saturated heterocycles. The Labute approximate surface area is 108 Å². The lowest BCUT2D eigenvalue weighted by molar-refractivity contribution is -0.122. The third-order valence-electron chi connectivity index (χ3n) is 2.16. The number of rotatable bonds is 6. The van der Waals surface area contributed by atoms with Gasteiger partial charge in [-0.05, 0) is 11.6 Å². The van der Waals surface area contributed by atoms with Crippen molar-refractivity contribution in [1.82, 2.24) is 15.2 Å². The summed E-state index contributed by atoms with van der Waals surface area (Å²) in [5.41, 5.74) is 0.950. The van der Waals surface area contributed by atoms with Crippen LogP contribution in [0.3, 0.4) is 0 Å². The van der Waals surface area contributed by atoms with Crippen molar-refractivity contribution in [2.75, 3.05) is 13.6 Å². The minimum atomic E-state index is -0.0713. The summed E-state index contributed by atoms with van der Waals surface area (Å²) in [6.45, 7) is 4.90. The fourth-order valence-electron chi connectivity index (χ4n) is 1.27. The first-order valence-electron chi connectivity index (χ1n) is 6.05. The van der Waals surface area contributed by atoms with Crippen LogP contribution in [0.4, 0.5) is 0 Å². The highest BCUT2D eigenvalue weighted by molar-refractivity contribution is 5.75. The van der Waals surface area contributed by atoms with Gasteiger partial charge >= 0.3 is 0 Å². The first-order chi connectivity index (χ1) is 8.76. The van der Waals surface area contributed by atoms with Crippen molar-refractivity contribution in [1.29, 1.82) is 0 Å². The minimum Gasteiger partial charge on any atom is -0.359 e. The molecular weight excluding hydrogens is 230 g/mol. The molecule has 5 nitrogen and oxygen atoms in total. The average Bonchev–Trinajstić information content (AvgIpc) is 2.46. The number of nitrogens with one attached hydrogen (secondary N) is 1. The molecule has 1 heterocycles. The van der Waals surface area contributed by atoms with Gasteiger partial charge in [-0.3, -0.25) is 14.6 Å². The molecule has 0 aliphatic heterocycles. The smallest absolute Gasteiger partial charge is 0.221 e. The molecule has 0 aliphatic rings. The van der Waals surface area contributed by atoms with Crippen molar-refractivity contribution in [2.45, 2.75) is 26.8 Å². The zero-order chi connectivity index (χ0) is 13.8. The van der Waals surface area contributed by atoms with Crippen LogP contribution in [-0.2, 0) is 16.1 Å². The molecule has 0 unspecified atom stereocenters. The summed E-state index contributed by atoms with van der Waals surface area (Å²) in [6, 6.07) is 3.71. The molecule has 0 atom stereocenters. The lowest BCUT2D eigenvalue weighted by atomic mass is 10.2. The molecule has 0 bridgehead atoms. The highest BCUT2D eigenvalue weighted by Gasteiger charge is 2.05. The van der Waals surface area contributed by atoms with E-state index in [1.807, 2.05) is 26.0 Å². The van der Waals surface area contributed by atoms with E-state index < -0.39 is 0 Å². The van der Waals surface area contributed by atoms with E-state index in [2.05, 4.69) is 10.3 Å². The Morgan fingerprint density at radius 3 is 2.72 bits per heavy atom. The van der Waals surface area contributed by atoms with Gasteiger partial charge in [-0.1, -0.05) is 19.9 Å². The van der Waals surface area contributed by atoms with Crippen molar-refractivity contribution in [3.05, 3.63) is 30.1 Å². The van der Waals surface area contributed by atoms with E-state index in [9.17, 15) is 9.59 Å². The van der Waals surface area contributed by atoms with Crippen molar-refractivity contribution < 1.29 is 9.59 Å². The molecular formula is C13H21N3O2. The van der Waals surface area contributed by atoms with Gasteiger partial charge < -0.3 is 10.2 Å². The van der Waals surface area contributed by atoms with Crippen LogP contribution < -0.4 is 5.32 Å². The molecule has 0 fully saturated rings. The molecule has 1 N–H and O–H groups in total. The lowest BCUT2D eigenvalue weighted by Gasteiger charge is -2.16. The summed E-state index contributed by atoms with van der Waals surface area (Å²) in [5.74, 6) is -0.0713. The van der Waals surface area contributed by atoms with Crippen molar-refractivity contribution in [2.24, 2.45) is 0 Å². The Morgan fingerprint density at radius 1 is 1.50 bits per heavy atom. The molecule has 5 heteroatoms. The summed E-state index contributed by atoms with van der Waals surface area (Å²) >= 11 is 0. The summed E-state index contributed by atoms with van der Waals surface area (Å²) in [7, 11) is 1.58. The van der Waals surface area contributed by atoms with Crippen LogP contribution in [0, 0.1) is 0 Å². The number of carbonyl (C=O) groups excluding carboxylic acids is 2. The predicted molar refractivity (Wildman–Crippen MR) is 70.7 cm³/mol. The Balaban J connectivity index is 0.00000137. The maximum absolute atomic E-state index is 11.0. The second-order valence-electron chi connectivity index (χ2n) is 3.36. The van der Waals surface area contributed by atoms with E-state index in [-0.39, 0.29) is 5.91 Å². The Kier molecular flexibility index (Phi) is 9.17. The van der Waals surface area contributed by atoms with Crippen LogP contribution in [0.5, 0.6) is 0 Å². The third kappa shape index (κ3) is 6.62. The maximum atomic E-state index is 11.0. The van der Waals surface area contributed by atoms with Crippen LogP contribution in [0.25, 0.3) is 0 Å². The first-order valence-corrected chi connectivity index (χ1v) is 6.05. The van der Waals surface area contributed by atoms with Gasteiger partial charge in [0.15, 0.2) is 0 Å². The molecule has 1 aromatic heterocycles. The first kappa shape index (κ1) is 16.1. The monoisotopic (exact) mass is 251 g/mol. The van der Waals surface area contributed by atoms with Gasteiger partial charge in [0.2, 0.25) is 12.3 Å². The largest absolute Gasteiger partial charge is 0.359 e. The van der Waals surface area contributed by atoms with Crippen LogP contribution in [0.1, 0.15) is 25.8 Å². The Bertz CT molecular complexity index is 341. The molecule has 1 aromatic rings. The van der Waals surface area contributed by atoms with Gasteiger partial charge in [-0.2, -0.15) is 0 Å². The molecule has 0 spiro atoms. The van der Waals surface area contributed by atoms with E-state index >= 15 is 0 Å². The summed E-state index contributed by atoms with van der Waals surface area (Å²) < 4.78 is 0. The standard InChI is InChI=1S/C11H15N3O2.C2H6/c1-12-11(16)4-6-14(9-15)8-10-3-2-5-13-7-10;1-2/h2-3,5,7,9H,4,6,8H2,1H3,(H,12,16);1-2H3. The van der Waals surface area contributed by atoms with Crippen LogP contribution in [-0.4, -0.2) is 35.8 Å². The van der Waals surface area contributed by atoms with Gasteiger partial charge in [0.1, 0.15) is 0 Å². The number of hydrogen-bond donors (Lipinski definition) is 1. The topological polar surface area (TPSA) is 62.3 Å². The van der Waals surface area contributed by atoms with Crippen molar-refractivity contribution in [3.8, 4) is 0 Å². The predicted octanol–water partition coefficient (Wildman–Crippen LogP) is 1.20. The second kappa shape index (κ2) is 10.3. The fraction of sp³-hybridized carbons (Fsp3) is 0.462. The Hall–Kier alpha value is -1.91. The van der Waals surface area contributed by atoms with Gasteiger partial charge in [-0.25, -0.2) is 0 Å². The van der Waals surface area contributed by atoms with E-state index in [1.54, 1.807) is 24.3 Å². The highest BCUT2D eigenvalue weighted by atomic mass is 16.2. The summed E-state index contributed by atoms with van der Waals surface area (Å²) in [6.07, 6.45) is 4.45. The fourth-order valence-corrected chi connectivity index (χ4v) is 1.27. The van der Waals surface area contributed by atoms with Crippen LogP contribution >= 0.6 is 0 Å². The van der Waals surface area contributed by atoms with Crippen molar-refractivity contribution >= 4 is 12.3 Å². The van der Waals surface area contributed by atoms with E-state index in [4.69, 9.17) is 0 Å². The lowest BCUT2D eigenvalue weighted by Crippen LogP contribution is -2.28. The zero-order valence-corrected chi connectivity index (χ0v) is 11.2. The quantitative estimate of drug-likeness (QED) is 0.773. The van der Waals surface area contributed by atoms with E-state index in [0.29, 0.717) is 19.5 Å². The normalized spacial score (nSPS) is 8.83. The molecule has 1 rings (SSSR count). The number of nitrogens with zero attached hydrogens (tertiary/aromatic N) is 2. The number of aromatic nitrogens is 1. The molecule has 0 aromatic carbocycles. The van der Waals surface area contributed by atoms with Gasteiger partial charge in [0.05, 0.1) is 0 Å². The number of amides is 2. The maximum Gasteiger partial charge on any atom is 0.221 e. The Morgan fingerprint density at radius 2 is 2.22 bits per heavy atom. The molecule has 0 radical (unpaired) electrons. The number of pyridine rings is 1. The number of hydrogen-bond acceptors (Lipinski definition) is 3. The molecule has 2 amide bonds. The van der Waals surface area contributed by atoms with Crippen LogP contribution in [0.15, 0.2) is 24.5 Å².